The zero-order valence-electron chi connectivity index (χ0n) is 35.7. The molecule has 0 unspecified atom stereocenters. The van der Waals surface area contributed by atoms with Crippen molar-refractivity contribution >= 4 is 51.6 Å². The SMILES string of the molecule is CC(C)[C@H](NC(=O)[C@H](CCC(=O)OC(C)(C)C)NC(=O)[C@H](CC(=O)OC(C)(C)C)NC(=O)OCc1ccccc1)C(=O)N[C@H](/C=C/S(C)(=O)=O)CC(=O)OC(C)(C)C. The van der Waals surface area contributed by atoms with E-state index in [1.165, 1.54) is 0 Å². The van der Waals surface area contributed by atoms with E-state index >= 15 is 0 Å². The minimum absolute atomic E-state index is 0.157. The molecule has 17 nitrogen and oxygen atoms in total. The Morgan fingerprint density at radius 3 is 1.66 bits per heavy atom. The molecule has 0 heterocycles. The van der Waals surface area contributed by atoms with Crippen LogP contribution in [0.2, 0.25) is 0 Å². The van der Waals surface area contributed by atoms with Crippen molar-refractivity contribution in [1.29, 1.82) is 0 Å². The number of esters is 3. The highest BCUT2D eigenvalue weighted by Crippen LogP contribution is 2.15. The first-order valence-corrected chi connectivity index (χ1v) is 20.8. The van der Waals surface area contributed by atoms with Crippen LogP contribution in [0.3, 0.4) is 0 Å². The van der Waals surface area contributed by atoms with Crippen molar-refractivity contribution in [3.8, 4) is 0 Å². The number of nitrogens with one attached hydrogen (secondary N) is 4. The standard InChI is InChI=1S/C40H62N4O13S/c1-25(2)33(36(50)41-27(20-21-58(12,52)53)22-31(46)56-39(6,7)8)44-34(48)28(18-19-30(45)55-38(3,4)5)42-35(49)29(23-32(47)57-40(9,10)11)43-37(51)54-24-26-16-14-13-15-17-26/h13-17,20-21,25,27-29,33H,18-19,22-24H2,1-12H3,(H,41,50)(H,42,49)(H,43,51)(H,44,48)/b21-20+/t27-,28+,29+,33+/m1/s1. The van der Waals surface area contributed by atoms with Crippen LogP contribution < -0.4 is 21.3 Å². The smallest absolute Gasteiger partial charge is 0.408 e. The van der Waals surface area contributed by atoms with Gasteiger partial charge in [0.2, 0.25) is 17.7 Å². The normalized spacial score (nSPS) is 14.3. The molecule has 0 fully saturated rings. The highest BCUT2D eigenvalue weighted by molar-refractivity contribution is 7.93. The lowest BCUT2D eigenvalue weighted by molar-refractivity contribution is -0.157. The molecule has 1 aromatic carbocycles. The van der Waals surface area contributed by atoms with Crippen molar-refractivity contribution in [3.05, 3.63) is 47.4 Å². The Labute approximate surface area is 342 Å². The molecule has 0 aliphatic heterocycles. The lowest BCUT2D eigenvalue weighted by Gasteiger charge is -2.28. The van der Waals surface area contributed by atoms with Gasteiger partial charge in [0, 0.05) is 18.1 Å². The molecule has 58 heavy (non-hydrogen) atoms. The molecule has 1 rings (SSSR count). The van der Waals surface area contributed by atoms with Crippen molar-refractivity contribution in [2.45, 2.75) is 149 Å². The Balaban J connectivity index is 3.45. The van der Waals surface area contributed by atoms with Gasteiger partial charge in [0.05, 0.1) is 18.9 Å². The van der Waals surface area contributed by atoms with Gasteiger partial charge >= 0.3 is 24.0 Å². The van der Waals surface area contributed by atoms with Crippen LogP contribution in [-0.4, -0.2) is 97.4 Å². The molecule has 18 heteroatoms. The van der Waals surface area contributed by atoms with E-state index in [1.54, 1.807) is 106 Å². The van der Waals surface area contributed by atoms with Gasteiger partial charge in [-0.1, -0.05) is 50.3 Å². The van der Waals surface area contributed by atoms with Crippen LogP contribution in [-0.2, 0) is 64.2 Å². The quantitative estimate of drug-likeness (QED) is 0.115. The van der Waals surface area contributed by atoms with E-state index in [1.807, 2.05) is 0 Å². The second-order valence-electron chi connectivity index (χ2n) is 17.0. The topological polar surface area (TPSA) is 239 Å². The first-order valence-electron chi connectivity index (χ1n) is 18.8. The minimum atomic E-state index is -3.67. The van der Waals surface area contributed by atoms with Gasteiger partial charge in [-0.05, 0) is 80.2 Å². The Kier molecular flexibility index (Phi) is 19.6. The van der Waals surface area contributed by atoms with E-state index in [0.717, 1.165) is 17.7 Å². The summed E-state index contributed by atoms with van der Waals surface area (Å²) in [5.74, 6) is -5.64. The van der Waals surface area contributed by atoms with Crippen LogP contribution in [0.15, 0.2) is 41.8 Å². The van der Waals surface area contributed by atoms with Crippen LogP contribution in [0.1, 0.15) is 107 Å². The summed E-state index contributed by atoms with van der Waals surface area (Å²) in [5, 5.41) is 10.8. The zero-order valence-corrected chi connectivity index (χ0v) is 36.5. The van der Waals surface area contributed by atoms with Gasteiger partial charge in [-0.25, -0.2) is 13.2 Å². The fraction of sp³-hybridized carbons (Fsp3) is 0.625. The molecule has 326 valence electrons. The van der Waals surface area contributed by atoms with Crippen LogP contribution in [0.4, 0.5) is 4.79 Å². The third-order valence-corrected chi connectivity index (χ3v) is 7.89. The summed E-state index contributed by atoms with van der Waals surface area (Å²) in [4.78, 5) is 92.6. The molecule has 4 amide bonds. The molecular formula is C40H62N4O13S. The van der Waals surface area contributed by atoms with E-state index in [4.69, 9.17) is 18.9 Å². The van der Waals surface area contributed by atoms with E-state index in [9.17, 15) is 42.0 Å². The summed E-state index contributed by atoms with van der Waals surface area (Å²) >= 11 is 0. The zero-order chi connectivity index (χ0) is 44.6. The van der Waals surface area contributed by atoms with E-state index in [2.05, 4.69) is 21.3 Å². The number of alkyl carbamates (subject to hydrolysis) is 1. The van der Waals surface area contributed by atoms with Crippen molar-refractivity contribution < 1.29 is 60.9 Å². The molecule has 0 aliphatic rings. The summed E-state index contributed by atoms with van der Waals surface area (Å²) < 4.78 is 45.1. The fourth-order valence-electron chi connectivity index (χ4n) is 4.89. The second kappa shape index (κ2) is 22.2. The summed E-state index contributed by atoms with van der Waals surface area (Å²) in [6.07, 6.45) is -0.822. The Bertz CT molecular complexity index is 1720. The summed E-state index contributed by atoms with van der Waals surface area (Å²) in [5.41, 5.74) is -2.04. The third-order valence-electron chi connectivity index (χ3n) is 7.24. The molecular weight excluding hydrogens is 777 g/mol. The molecule has 0 aromatic heterocycles. The number of ether oxygens (including phenoxy) is 4. The maximum absolute atomic E-state index is 14.0. The molecule has 0 aliphatic carbocycles. The van der Waals surface area contributed by atoms with Gasteiger partial charge in [-0.2, -0.15) is 0 Å². The van der Waals surface area contributed by atoms with Crippen LogP contribution in [0.5, 0.6) is 0 Å². The van der Waals surface area contributed by atoms with Crippen LogP contribution >= 0.6 is 0 Å². The molecule has 0 radical (unpaired) electrons. The molecule has 0 saturated carbocycles. The number of amides is 4. The molecule has 0 saturated heterocycles. The minimum Gasteiger partial charge on any atom is -0.460 e. The lowest BCUT2D eigenvalue weighted by Crippen LogP contribution is -2.58. The van der Waals surface area contributed by atoms with Gasteiger partial charge in [-0.15, -0.1) is 0 Å². The van der Waals surface area contributed by atoms with Crippen LogP contribution in [0, 0.1) is 5.92 Å². The second-order valence-corrected chi connectivity index (χ2v) is 19.0. The predicted octanol–water partition coefficient (Wildman–Crippen LogP) is 3.54. The fourth-order valence-corrected chi connectivity index (χ4v) is 5.37. The molecule has 1 aromatic rings. The van der Waals surface area contributed by atoms with Gasteiger partial charge in [0.15, 0.2) is 9.84 Å². The number of benzene rings is 1. The van der Waals surface area contributed by atoms with Crippen LogP contribution in [0.25, 0.3) is 0 Å². The van der Waals surface area contributed by atoms with Gasteiger partial charge < -0.3 is 40.2 Å². The molecule has 4 atom stereocenters. The Morgan fingerprint density at radius 2 is 1.16 bits per heavy atom. The maximum atomic E-state index is 14.0. The summed E-state index contributed by atoms with van der Waals surface area (Å²) in [7, 11) is -3.67. The number of hydrogen-bond acceptors (Lipinski definition) is 13. The van der Waals surface area contributed by atoms with E-state index in [-0.39, 0.29) is 19.4 Å². The number of sulfone groups is 1. The first-order chi connectivity index (χ1) is 26.4. The predicted molar refractivity (Wildman–Crippen MR) is 214 cm³/mol. The number of carbonyl (C=O) groups is 7. The monoisotopic (exact) mass is 838 g/mol. The highest BCUT2D eigenvalue weighted by atomic mass is 32.2. The van der Waals surface area contributed by atoms with Crippen molar-refractivity contribution in [1.82, 2.24) is 21.3 Å². The number of hydrogen-bond donors (Lipinski definition) is 4. The number of rotatable bonds is 19. The van der Waals surface area contributed by atoms with Crippen molar-refractivity contribution in [2.24, 2.45) is 5.92 Å². The third kappa shape index (κ3) is 23.3. The van der Waals surface area contributed by atoms with E-state index < -0.39 is 111 Å². The highest BCUT2D eigenvalue weighted by Gasteiger charge is 2.34. The molecule has 4 N–H and O–H groups in total. The van der Waals surface area contributed by atoms with Crippen molar-refractivity contribution in [3.63, 3.8) is 0 Å². The Morgan fingerprint density at radius 1 is 0.655 bits per heavy atom. The molecule has 0 bridgehead atoms. The molecule has 0 spiro atoms. The summed E-state index contributed by atoms with van der Waals surface area (Å²) in [6.45, 7) is 17.8. The largest absolute Gasteiger partial charge is 0.460 e. The van der Waals surface area contributed by atoms with Crippen molar-refractivity contribution in [2.75, 3.05) is 6.26 Å². The van der Waals surface area contributed by atoms with Gasteiger partial charge in [0.25, 0.3) is 0 Å². The lowest BCUT2D eigenvalue weighted by atomic mass is 10.0. The van der Waals surface area contributed by atoms with Gasteiger partial charge in [0.1, 0.15) is 41.5 Å². The maximum Gasteiger partial charge on any atom is 0.408 e. The Hall–Kier alpha value is -5.00. The average molecular weight is 839 g/mol. The average Bonchev–Trinajstić information content (AvgIpc) is 3.03. The van der Waals surface area contributed by atoms with E-state index in [0.29, 0.717) is 5.56 Å². The summed E-state index contributed by atoms with van der Waals surface area (Å²) in [6, 6.07) is 3.06. The number of carbonyl (C=O) groups excluding carboxylic acids is 7. The first kappa shape index (κ1) is 51.0. The van der Waals surface area contributed by atoms with Gasteiger partial charge in [-0.3, -0.25) is 28.8 Å².